The van der Waals surface area contributed by atoms with E-state index in [1.807, 2.05) is 18.2 Å². The molecule has 134 valence electrons. The minimum Gasteiger partial charge on any atom is -0.486 e. The van der Waals surface area contributed by atoms with Crippen molar-refractivity contribution in [2.45, 2.75) is 24.9 Å². The maximum absolute atomic E-state index is 12.7. The van der Waals surface area contributed by atoms with Crippen LogP contribution in [0.1, 0.15) is 24.3 Å². The van der Waals surface area contributed by atoms with Gasteiger partial charge in [0.05, 0.1) is 19.1 Å². The van der Waals surface area contributed by atoms with Crippen LogP contribution in [0.2, 0.25) is 0 Å². The quantitative estimate of drug-likeness (QED) is 0.883. The highest BCUT2D eigenvalue weighted by atomic mass is 16.6. The molecule has 1 N–H and O–H groups in total. The number of hydrogen-bond donors (Lipinski definition) is 1. The van der Waals surface area contributed by atoms with E-state index in [0.717, 1.165) is 23.5 Å². The molecule has 1 aromatic carbocycles. The molecule has 3 aliphatic rings. The molecule has 2 heterocycles. The number of morpholine rings is 1. The van der Waals surface area contributed by atoms with Crippen molar-refractivity contribution in [3.8, 4) is 11.5 Å². The van der Waals surface area contributed by atoms with Crippen LogP contribution in [-0.2, 0) is 14.3 Å². The number of carbonyl (C=O) groups excluding carboxylic acids is 1. The maximum atomic E-state index is 12.7. The molecule has 0 unspecified atom stereocenters. The molecule has 1 saturated heterocycles. The molecule has 7 nitrogen and oxygen atoms in total. The third kappa shape index (κ3) is 3.42. The number of ether oxygens (including phenoxy) is 3. The van der Waals surface area contributed by atoms with Crippen LogP contribution in [0.15, 0.2) is 18.2 Å². The van der Waals surface area contributed by atoms with Crippen molar-refractivity contribution in [3.63, 3.8) is 0 Å². The third-order valence-corrected chi connectivity index (χ3v) is 4.95. The average molecular weight is 347 g/mol. The van der Waals surface area contributed by atoms with Gasteiger partial charge < -0.3 is 24.2 Å². The zero-order valence-corrected chi connectivity index (χ0v) is 13.8. The molecule has 1 aliphatic carbocycles. The number of aliphatic carboxylic acids is 1. The van der Waals surface area contributed by atoms with Crippen LogP contribution < -0.4 is 9.47 Å². The van der Waals surface area contributed by atoms with Gasteiger partial charge in [-0.2, -0.15) is 0 Å². The number of fused-ring (bicyclic) bond motifs is 1. The first-order valence-electron chi connectivity index (χ1n) is 8.63. The second kappa shape index (κ2) is 6.55. The summed E-state index contributed by atoms with van der Waals surface area (Å²) in [7, 11) is 0. The highest BCUT2D eigenvalue weighted by Crippen LogP contribution is 2.50. The number of rotatable bonds is 4. The van der Waals surface area contributed by atoms with Crippen LogP contribution in [-0.4, -0.2) is 60.9 Å². The second-order valence-electron chi connectivity index (χ2n) is 6.73. The van der Waals surface area contributed by atoms with Crippen LogP contribution in [0.25, 0.3) is 0 Å². The summed E-state index contributed by atoms with van der Waals surface area (Å²) in [6.07, 6.45) is 0.334. The minimum atomic E-state index is -0.903. The topological polar surface area (TPSA) is 85.3 Å². The molecular weight excluding hydrogens is 326 g/mol. The average Bonchev–Trinajstić information content (AvgIpc) is 3.41. The lowest BCUT2D eigenvalue weighted by Gasteiger charge is -2.32. The number of benzene rings is 1. The summed E-state index contributed by atoms with van der Waals surface area (Å²) in [5.41, 5.74) is 1.10. The van der Waals surface area contributed by atoms with Gasteiger partial charge in [-0.15, -0.1) is 0 Å². The van der Waals surface area contributed by atoms with E-state index in [4.69, 9.17) is 19.3 Å². The van der Waals surface area contributed by atoms with Crippen molar-refractivity contribution < 1.29 is 28.9 Å². The van der Waals surface area contributed by atoms with Crippen molar-refractivity contribution in [1.29, 1.82) is 0 Å². The van der Waals surface area contributed by atoms with Gasteiger partial charge in [-0.25, -0.2) is 0 Å². The van der Waals surface area contributed by atoms with E-state index in [2.05, 4.69) is 0 Å². The van der Waals surface area contributed by atoms with Crippen molar-refractivity contribution in [1.82, 2.24) is 4.90 Å². The van der Waals surface area contributed by atoms with Gasteiger partial charge in [-0.05, 0) is 30.0 Å². The maximum Gasteiger partial charge on any atom is 0.306 e. The number of carboxylic acid groups (broad SMARTS) is 1. The highest BCUT2D eigenvalue weighted by Gasteiger charge is 2.46. The molecule has 0 aromatic heterocycles. The zero-order chi connectivity index (χ0) is 17.4. The van der Waals surface area contributed by atoms with E-state index >= 15 is 0 Å². The standard InChI is InChI=1S/C18H21NO6/c20-17(21)8-12-10-19(3-4-23-12)18(22)14-9-13(14)11-1-2-15-16(7-11)25-6-5-24-15/h1-2,7,12-14H,3-6,8-10H2,(H,20,21)/t12-,13+,14-/m1/s1. The summed E-state index contributed by atoms with van der Waals surface area (Å²) in [5.74, 6) is 0.853. The van der Waals surface area contributed by atoms with Gasteiger partial charge in [0.2, 0.25) is 5.91 Å². The number of carboxylic acids is 1. The molecular formula is C18H21NO6. The Bertz CT molecular complexity index is 690. The van der Waals surface area contributed by atoms with Crippen LogP contribution in [0, 0.1) is 5.92 Å². The number of nitrogens with zero attached hydrogens (tertiary/aromatic N) is 1. The summed E-state index contributed by atoms with van der Waals surface area (Å²) in [6.45, 7) is 2.38. The molecule has 2 fully saturated rings. The Morgan fingerprint density at radius 3 is 2.76 bits per heavy atom. The monoisotopic (exact) mass is 347 g/mol. The third-order valence-electron chi connectivity index (χ3n) is 4.95. The predicted octanol–water partition coefficient (Wildman–Crippen LogP) is 1.26. The van der Waals surface area contributed by atoms with Gasteiger partial charge in [0.15, 0.2) is 11.5 Å². The largest absolute Gasteiger partial charge is 0.486 e. The Kier molecular flexibility index (Phi) is 4.25. The van der Waals surface area contributed by atoms with E-state index in [0.29, 0.717) is 32.9 Å². The summed E-state index contributed by atoms with van der Waals surface area (Å²) in [4.78, 5) is 25.3. The number of amides is 1. The predicted molar refractivity (Wildman–Crippen MR) is 86.9 cm³/mol. The Morgan fingerprint density at radius 2 is 1.96 bits per heavy atom. The van der Waals surface area contributed by atoms with Crippen LogP contribution in [0.5, 0.6) is 11.5 Å². The number of hydrogen-bond acceptors (Lipinski definition) is 5. The fourth-order valence-corrected chi connectivity index (χ4v) is 3.60. The molecule has 0 spiro atoms. The molecule has 0 radical (unpaired) electrons. The Balaban J connectivity index is 1.39. The molecule has 2 aliphatic heterocycles. The lowest BCUT2D eigenvalue weighted by molar-refractivity contribution is -0.148. The first-order valence-corrected chi connectivity index (χ1v) is 8.63. The summed E-state index contributed by atoms with van der Waals surface area (Å²) in [5, 5.41) is 8.89. The lowest BCUT2D eigenvalue weighted by atomic mass is 10.1. The van der Waals surface area contributed by atoms with Gasteiger partial charge in [0.1, 0.15) is 13.2 Å². The van der Waals surface area contributed by atoms with Crippen molar-refractivity contribution in [2.75, 3.05) is 32.9 Å². The first-order chi connectivity index (χ1) is 12.1. The Hall–Kier alpha value is -2.28. The molecule has 1 saturated carbocycles. The van der Waals surface area contributed by atoms with Crippen LogP contribution in [0.3, 0.4) is 0 Å². The fraction of sp³-hybridized carbons (Fsp3) is 0.556. The molecule has 0 bridgehead atoms. The molecule has 4 rings (SSSR count). The van der Waals surface area contributed by atoms with Crippen LogP contribution >= 0.6 is 0 Å². The summed E-state index contributed by atoms with van der Waals surface area (Å²) < 4.78 is 16.6. The molecule has 7 heteroatoms. The van der Waals surface area contributed by atoms with Crippen molar-refractivity contribution >= 4 is 11.9 Å². The first kappa shape index (κ1) is 16.2. The Morgan fingerprint density at radius 1 is 1.16 bits per heavy atom. The molecule has 1 aromatic rings. The van der Waals surface area contributed by atoms with E-state index in [-0.39, 0.29) is 24.2 Å². The van der Waals surface area contributed by atoms with Gasteiger partial charge in [-0.1, -0.05) is 6.07 Å². The zero-order valence-electron chi connectivity index (χ0n) is 13.8. The van der Waals surface area contributed by atoms with Crippen molar-refractivity contribution in [3.05, 3.63) is 23.8 Å². The van der Waals surface area contributed by atoms with Crippen LogP contribution in [0.4, 0.5) is 0 Å². The van der Waals surface area contributed by atoms with E-state index in [9.17, 15) is 9.59 Å². The van der Waals surface area contributed by atoms with Gasteiger partial charge >= 0.3 is 5.97 Å². The smallest absolute Gasteiger partial charge is 0.306 e. The van der Waals surface area contributed by atoms with E-state index in [1.165, 1.54) is 0 Å². The van der Waals surface area contributed by atoms with Gasteiger partial charge in [0.25, 0.3) is 0 Å². The normalized spacial score (nSPS) is 27.7. The van der Waals surface area contributed by atoms with Crippen molar-refractivity contribution in [2.24, 2.45) is 5.92 Å². The molecule has 25 heavy (non-hydrogen) atoms. The summed E-state index contributed by atoms with van der Waals surface area (Å²) >= 11 is 0. The SMILES string of the molecule is O=C(O)C[C@@H]1CN(C(=O)[C@@H]2C[C@H]2c2ccc3c(c2)OCCO3)CCO1. The lowest BCUT2D eigenvalue weighted by Crippen LogP contribution is -2.47. The number of carbonyl (C=O) groups is 2. The van der Waals surface area contributed by atoms with Gasteiger partial charge in [-0.3, -0.25) is 9.59 Å². The molecule has 1 amide bonds. The highest BCUT2D eigenvalue weighted by molar-refractivity contribution is 5.83. The molecule has 3 atom stereocenters. The minimum absolute atomic E-state index is 0.0360. The fourth-order valence-electron chi connectivity index (χ4n) is 3.60. The Labute approximate surface area is 145 Å². The van der Waals surface area contributed by atoms with E-state index < -0.39 is 12.1 Å². The van der Waals surface area contributed by atoms with E-state index in [1.54, 1.807) is 4.90 Å². The summed E-state index contributed by atoms with van der Waals surface area (Å²) in [6, 6.07) is 5.87. The van der Waals surface area contributed by atoms with Gasteiger partial charge in [0, 0.05) is 19.0 Å². The second-order valence-corrected chi connectivity index (χ2v) is 6.73.